The van der Waals surface area contributed by atoms with Crippen molar-refractivity contribution in [1.29, 1.82) is 0 Å². The van der Waals surface area contributed by atoms with Gasteiger partial charge in [-0.25, -0.2) is 0 Å². The largest absolute Gasteiger partial charge is 0.381 e. The van der Waals surface area contributed by atoms with Gasteiger partial charge in [0, 0.05) is 11.3 Å². The fraction of sp³-hybridized carbons (Fsp3) is 1.00. The van der Waals surface area contributed by atoms with Gasteiger partial charge in [-0.1, -0.05) is 34.6 Å². The van der Waals surface area contributed by atoms with Crippen molar-refractivity contribution in [3.05, 3.63) is 0 Å². The van der Waals surface area contributed by atoms with Crippen LogP contribution in [0, 0.1) is 23.2 Å². The van der Waals surface area contributed by atoms with Crippen LogP contribution in [0.2, 0.25) is 0 Å². The first kappa shape index (κ1) is 13.0. The van der Waals surface area contributed by atoms with Crippen LogP contribution in [0.5, 0.6) is 0 Å². The molecule has 0 spiro atoms. The minimum absolute atomic E-state index is 0.500. The topological polar surface area (TPSA) is 18.5 Å². The van der Waals surface area contributed by atoms with Crippen LogP contribution in [-0.4, -0.2) is 26.4 Å². The summed E-state index contributed by atoms with van der Waals surface area (Å²) >= 11 is 0. The second-order valence-electron chi connectivity index (χ2n) is 5.84. The Morgan fingerprint density at radius 3 is 1.53 bits per heavy atom. The van der Waals surface area contributed by atoms with Crippen molar-refractivity contribution in [2.45, 2.75) is 34.6 Å². The smallest absolute Gasteiger partial charge is 0.0544 e. The fourth-order valence-corrected chi connectivity index (χ4v) is 1.40. The highest BCUT2D eigenvalue weighted by atomic mass is 16.5. The van der Waals surface area contributed by atoms with Crippen molar-refractivity contribution in [3.63, 3.8) is 0 Å². The Bertz CT molecular complexity index is 179. The van der Waals surface area contributed by atoms with Crippen LogP contribution in [0.1, 0.15) is 34.6 Å². The SMILES string of the molecule is CC(C)C1(C)COC1.CC(C)C1COC1. The van der Waals surface area contributed by atoms with Crippen molar-refractivity contribution in [3.8, 4) is 0 Å². The van der Waals surface area contributed by atoms with Crippen LogP contribution in [0.3, 0.4) is 0 Å². The fourth-order valence-electron chi connectivity index (χ4n) is 1.40. The molecule has 2 rings (SSSR count). The molecule has 2 fully saturated rings. The normalized spacial score (nSPS) is 24.2. The monoisotopic (exact) mass is 214 g/mol. The second-order valence-corrected chi connectivity index (χ2v) is 5.84. The van der Waals surface area contributed by atoms with E-state index in [-0.39, 0.29) is 0 Å². The molecule has 15 heavy (non-hydrogen) atoms. The van der Waals surface area contributed by atoms with E-state index in [0.717, 1.165) is 44.2 Å². The molecule has 2 saturated heterocycles. The molecule has 0 saturated carbocycles. The van der Waals surface area contributed by atoms with Gasteiger partial charge in [-0.15, -0.1) is 0 Å². The zero-order chi connectivity index (χ0) is 11.5. The summed E-state index contributed by atoms with van der Waals surface area (Å²) in [4.78, 5) is 0. The van der Waals surface area contributed by atoms with E-state index in [9.17, 15) is 0 Å². The Kier molecular flexibility index (Phi) is 4.60. The Labute approximate surface area is 94.3 Å². The Balaban J connectivity index is 0.000000151. The first-order chi connectivity index (χ1) is 6.96. The lowest BCUT2D eigenvalue weighted by molar-refractivity contribution is -0.126. The molecule has 90 valence electrons. The second kappa shape index (κ2) is 5.31. The Morgan fingerprint density at radius 1 is 1.00 bits per heavy atom. The highest BCUT2D eigenvalue weighted by Crippen LogP contribution is 2.34. The molecule has 2 aliphatic heterocycles. The summed E-state index contributed by atoms with van der Waals surface area (Å²) in [6.45, 7) is 15.2. The van der Waals surface area contributed by atoms with E-state index in [1.165, 1.54) is 0 Å². The standard InChI is InChI=1S/C7H14O.C6H12O/c1-6(2)7(3)4-8-5-7;1-5(2)6-3-7-4-6/h6H,4-5H2,1-3H3;5-6H,3-4H2,1-2H3. The minimum atomic E-state index is 0.500. The first-order valence-electron chi connectivity index (χ1n) is 6.11. The van der Waals surface area contributed by atoms with Crippen LogP contribution in [0.4, 0.5) is 0 Å². The van der Waals surface area contributed by atoms with E-state index in [1.54, 1.807) is 0 Å². The summed E-state index contributed by atoms with van der Waals surface area (Å²) < 4.78 is 10.1. The van der Waals surface area contributed by atoms with Gasteiger partial charge in [-0.3, -0.25) is 0 Å². The quantitative estimate of drug-likeness (QED) is 0.703. The van der Waals surface area contributed by atoms with E-state index in [0.29, 0.717) is 5.41 Å². The summed E-state index contributed by atoms with van der Waals surface area (Å²) in [6, 6.07) is 0. The molecule has 2 heterocycles. The predicted octanol–water partition coefficient (Wildman–Crippen LogP) is 2.97. The maximum absolute atomic E-state index is 5.10. The van der Waals surface area contributed by atoms with E-state index in [4.69, 9.17) is 9.47 Å². The molecule has 0 aromatic rings. The van der Waals surface area contributed by atoms with Crippen molar-refractivity contribution < 1.29 is 9.47 Å². The molecule has 0 N–H and O–H groups in total. The maximum atomic E-state index is 5.10. The molecule has 0 aromatic carbocycles. The minimum Gasteiger partial charge on any atom is -0.381 e. The lowest BCUT2D eigenvalue weighted by Gasteiger charge is -2.41. The Morgan fingerprint density at radius 2 is 1.53 bits per heavy atom. The summed E-state index contributed by atoms with van der Waals surface area (Å²) in [5.74, 6) is 2.46. The van der Waals surface area contributed by atoms with Gasteiger partial charge >= 0.3 is 0 Å². The average Bonchev–Trinajstić information content (AvgIpc) is 1.96. The lowest BCUT2D eigenvalue weighted by Crippen LogP contribution is -2.43. The van der Waals surface area contributed by atoms with Gasteiger partial charge in [0.05, 0.1) is 26.4 Å². The van der Waals surface area contributed by atoms with Crippen LogP contribution >= 0.6 is 0 Å². The number of hydrogen-bond donors (Lipinski definition) is 0. The maximum Gasteiger partial charge on any atom is 0.0544 e. The van der Waals surface area contributed by atoms with Crippen LogP contribution < -0.4 is 0 Å². The molecule has 0 aliphatic carbocycles. The molecule has 0 unspecified atom stereocenters. The number of rotatable bonds is 2. The molecule has 2 aliphatic rings. The molecular formula is C13H26O2. The van der Waals surface area contributed by atoms with Crippen molar-refractivity contribution >= 4 is 0 Å². The van der Waals surface area contributed by atoms with Gasteiger partial charge in [0.15, 0.2) is 0 Å². The van der Waals surface area contributed by atoms with Gasteiger partial charge in [0.2, 0.25) is 0 Å². The summed E-state index contributed by atoms with van der Waals surface area (Å²) in [7, 11) is 0. The highest BCUT2D eigenvalue weighted by molar-refractivity contribution is 4.83. The average molecular weight is 214 g/mol. The molecule has 2 nitrogen and oxygen atoms in total. The van der Waals surface area contributed by atoms with Crippen LogP contribution in [0.15, 0.2) is 0 Å². The van der Waals surface area contributed by atoms with E-state index >= 15 is 0 Å². The predicted molar refractivity (Wildman–Crippen MR) is 62.9 cm³/mol. The number of ether oxygens (including phenoxy) is 2. The van der Waals surface area contributed by atoms with Crippen LogP contribution in [-0.2, 0) is 9.47 Å². The van der Waals surface area contributed by atoms with E-state index < -0.39 is 0 Å². The summed E-state index contributed by atoms with van der Waals surface area (Å²) in [5, 5.41) is 0. The molecule has 0 bridgehead atoms. The summed E-state index contributed by atoms with van der Waals surface area (Å²) in [6.07, 6.45) is 0. The zero-order valence-corrected chi connectivity index (χ0v) is 10.9. The van der Waals surface area contributed by atoms with Gasteiger partial charge in [-0.05, 0) is 11.8 Å². The van der Waals surface area contributed by atoms with Crippen molar-refractivity contribution in [2.75, 3.05) is 26.4 Å². The first-order valence-corrected chi connectivity index (χ1v) is 6.11. The van der Waals surface area contributed by atoms with E-state index in [1.807, 2.05) is 0 Å². The highest BCUT2D eigenvalue weighted by Gasteiger charge is 2.36. The Hall–Kier alpha value is -0.0800. The molecule has 0 aromatic heterocycles. The third-order valence-corrected chi connectivity index (χ3v) is 3.86. The van der Waals surface area contributed by atoms with Gasteiger partial charge in [0.25, 0.3) is 0 Å². The molecule has 0 amide bonds. The lowest BCUT2D eigenvalue weighted by atomic mass is 9.78. The summed E-state index contributed by atoms with van der Waals surface area (Å²) in [5.41, 5.74) is 0.500. The molecule has 0 atom stereocenters. The number of hydrogen-bond acceptors (Lipinski definition) is 2. The molecular weight excluding hydrogens is 188 g/mol. The third-order valence-electron chi connectivity index (χ3n) is 3.86. The molecule has 0 radical (unpaired) electrons. The van der Waals surface area contributed by atoms with Gasteiger partial charge in [0.1, 0.15) is 0 Å². The third kappa shape index (κ3) is 3.46. The van der Waals surface area contributed by atoms with Crippen LogP contribution in [0.25, 0.3) is 0 Å². The van der Waals surface area contributed by atoms with Gasteiger partial charge in [-0.2, -0.15) is 0 Å². The zero-order valence-electron chi connectivity index (χ0n) is 10.9. The van der Waals surface area contributed by atoms with Gasteiger partial charge < -0.3 is 9.47 Å². The van der Waals surface area contributed by atoms with Crippen molar-refractivity contribution in [1.82, 2.24) is 0 Å². The van der Waals surface area contributed by atoms with Crippen molar-refractivity contribution in [2.24, 2.45) is 23.2 Å². The molecule has 2 heteroatoms. The van der Waals surface area contributed by atoms with E-state index in [2.05, 4.69) is 34.6 Å².